The molecule has 0 aliphatic heterocycles. The van der Waals surface area contributed by atoms with E-state index in [-0.39, 0.29) is 10.4 Å². The molecule has 0 radical (unpaired) electrons. The van der Waals surface area contributed by atoms with E-state index in [1.54, 1.807) is 22.4 Å². The molecule has 166 valence electrons. The summed E-state index contributed by atoms with van der Waals surface area (Å²) in [7, 11) is -2.16. The molecule has 0 saturated heterocycles. The molecule has 0 atom stereocenters. The maximum atomic E-state index is 13.1. The minimum absolute atomic E-state index is 0.101. The third kappa shape index (κ3) is 4.95. The smallest absolute Gasteiger partial charge is 0.204 e. The molecule has 0 fully saturated rings. The fourth-order valence-corrected chi connectivity index (χ4v) is 4.78. The standard InChI is InChI=1S/C23H30N4O3S/c1-15-8-16(2)18(17(3)9-15)11-27-19(10-21(25-27)23(4,5)6)20(28)13-31(29,30)22-12-26(7)14-24-22/h8-10,12,14H,11,13H2,1-7H3. The van der Waals surface area contributed by atoms with Crippen LogP contribution in [0.4, 0.5) is 0 Å². The van der Waals surface area contributed by atoms with Crippen molar-refractivity contribution >= 4 is 15.6 Å². The van der Waals surface area contributed by atoms with Crippen LogP contribution in [0.1, 0.15) is 59.2 Å². The average Bonchev–Trinajstić information content (AvgIpc) is 3.24. The predicted octanol–water partition coefficient (Wildman–Crippen LogP) is 3.54. The van der Waals surface area contributed by atoms with Gasteiger partial charge in [0.2, 0.25) is 9.84 Å². The SMILES string of the molecule is Cc1cc(C)c(Cn2nc(C(C)(C)C)cc2C(=O)CS(=O)(=O)c2cn(C)cn2)c(C)c1. The van der Waals surface area contributed by atoms with Gasteiger partial charge in [-0.2, -0.15) is 5.10 Å². The molecule has 8 heteroatoms. The monoisotopic (exact) mass is 442 g/mol. The summed E-state index contributed by atoms with van der Waals surface area (Å²) in [5.74, 6) is -1.14. The zero-order valence-corrected chi connectivity index (χ0v) is 20.0. The van der Waals surface area contributed by atoms with E-state index >= 15 is 0 Å². The Morgan fingerprint density at radius 2 is 1.68 bits per heavy atom. The van der Waals surface area contributed by atoms with Gasteiger partial charge in [0.25, 0.3) is 0 Å². The summed E-state index contributed by atoms with van der Waals surface area (Å²) in [6, 6.07) is 5.92. The van der Waals surface area contributed by atoms with Crippen LogP contribution in [0, 0.1) is 20.8 Å². The summed E-state index contributed by atoms with van der Waals surface area (Å²) in [6.07, 6.45) is 2.81. The van der Waals surface area contributed by atoms with Crippen LogP contribution in [0.5, 0.6) is 0 Å². The van der Waals surface area contributed by atoms with Gasteiger partial charge in [-0.1, -0.05) is 38.5 Å². The Labute approximate surface area is 184 Å². The van der Waals surface area contributed by atoms with Crippen LogP contribution in [-0.4, -0.2) is 39.3 Å². The first-order valence-corrected chi connectivity index (χ1v) is 11.8. The number of hydrogen-bond donors (Lipinski definition) is 0. The lowest BCUT2D eigenvalue weighted by Gasteiger charge is -2.15. The van der Waals surface area contributed by atoms with E-state index in [0.717, 1.165) is 22.4 Å². The number of rotatable bonds is 6. The number of aryl methyl sites for hydroxylation is 4. The van der Waals surface area contributed by atoms with Gasteiger partial charge < -0.3 is 4.57 Å². The van der Waals surface area contributed by atoms with Crippen molar-refractivity contribution in [2.24, 2.45) is 7.05 Å². The summed E-state index contributed by atoms with van der Waals surface area (Å²) in [5, 5.41) is 4.59. The lowest BCUT2D eigenvalue weighted by Crippen LogP contribution is -2.21. The summed E-state index contributed by atoms with van der Waals surface area (Å²) in [6.45, 7) is 12.6. The van der Waals surface area contributed by atoms with Crippen molar-refractivity contribution in [1.82, 2.24) is 19.3 Å². The molecular formula is C23H30N4O3S. The summed E-state index contributed by atoms with van der Waals surface area (Å²) >= 11 is 0. The average molecular weight is 443 g/mol. The quantitative estimate of drug-likeness (QED) is 0.545. The first kappa shape index (κ1) is 22.9. The molecule has 0 unspecified atom stereocenters. The summed E-state index contributed by atoms with van der Waals surface area (Å²) < 4.78 is 28.6. The number of benzene rings is 1. The van der Waals surface area contributed by atoms with Gasteiger partial charge in [0.1, 0.15) is 11.4 Å². The minimum atomic E-state index is -3.85. The van der Waals surface area contributed by atoms with Gasteiger partial charge in [0.15, 0.2) is 10.8 Å². The number of ketones is 1. The van der Waals surface area contributed by atoms with E-state index in [2.05, 4.69) is 17.1 Å². The fourth-order valence-electron chi connectivity index (χ4n) is 3.61. The van der Waals surface area contributed by atoms with E-state index in [9.17, 15) is 13.2 Å². The van der Waals surface area contributed by atoms with E-state index in [0.29, 0.717) is 12.2 Å². The molecule has 7 nitrogen and oxygen atoms in total. The molecule has 0 N–H and O–H groups in total. The van der Waals surface area contributed by atoms with E-state index in [1.807, 2.05) is 41.5 Å². The van der Waals surface area contributed by atoms with Gasteiger partial charge in [0.05, 0.1) is 18.6 Å². The first-order valence-electron chi connectivity index (χ1n) is 10.2. The molecule has 0 saturated carbocycles. The Kier molecular flexibility index (Phi) is 5.97. The third-order valence-corrected chi connectivity index (χ3v) is 6.79. The molecule has 0 spiro atoms. The van der Waals surface area contributed by atoms with Gasteiger partial charge in [0, 0.05) is 18.7 Å². The van der Waals surface area contributed by atoms with Crippen LogP contribution in [0.15, 0.2) is 35.7 Å². The van der Waals surface area contributed by atoms with E-state index < -0.39 is 21.4 Å². The molecule has 0 bridgehead atoms. The lowest BCUT2D eigenvalue weighted by atomic mass is 9.92. The second kappa shape index (κ2) is 8.07. The fraction of sp³-hybridized carbons (Fsp3) is 0.435. The molecule has 3 aromatic rings. The van der Waals surface area contributed by atoms with Crippen molar-refractivity contribution in [3.05, 3.63) is 64.4 Å². The number of carbonyl (C=O) groups excluding carboxylic acids is 1. The summed E-state index contributed by atoms with van der Waals surface area (Å²) in [5.41, 5.74) is 5.24. The van der Waals surface area contributed by atoms with E-state index in [1.165, 1.54) is 18.1 Å². The second-order valence-corrected chi connectivity index (χ2v) is 11.2. The van der Waals surface area contributed by atoms with Gasteiger partial charge in [-0.3, -0.25) is 9.48 Å². The van der Waals surface area contributed by atoms with E-state index in [4.69, 9.17) is 5.10 Å². The van der Waals surface area contributed by atoms with Crippen LogP contribution >= 0.6 is 0 Å². The number of sulfone groups is 1. The van der Waals surface area contributed by atoms with Gasteiger partial charge in [-0.05, 0) is 43.5 Å². The highest BCUT2D eigenvalue weighted by Gasteiger charge is 2.28. The van der Waals surface area contributed by atoms with Crippen molar-refractivity contribution < 1.29 is 13.2 Å². The maximum absolute atomic E-state index is 13.1. The Hall–Kier alpha value is -2.74. The Morgan fingerprint density at radius 3 is 2.19 bits per heavy atom. The normalized spacial score (nSPS) is 12.4. The number of nitrogens with zero attached hydrogens (tertiary/aromatic N) is 4. The molecule has 3 rings (SSSR count). The Balaban J connectivity index is 2.01. The van der Waals surface area contributed by atoms with Crippen LogP contribution in [0.25, 0.3) is 0 Å². The second-order valence-electron chi connectivity index (χ2n) is 9.26. The van der Waals surface area contributed by atoms with Gasteiger partial charge in [-0.15, -0.1) is 0 Å². The molecule has 0 amide bonds. The number of hydrogen-bond acceptors (Lipinski definition) is 5. The Morgan fingerprint density at radius 1 is 1.06 bits per heavy atom. The number of Topliss-reactive ketones (excluding diaryl/α,β-unsaturated/α-hetero) is 1. The highest BCUT2D eigenvalue weighted by molar-refractivity contribution is 7.92. The first-order chi connectivity index (χ1) is 14.3. The maximum Gasteiger partial charge on any atom is 0.204 e. The molecule has 2 aromatic heterocycles. The number of imidazole rings is 1. The zero-order valence-electron chi connectivity index (χ0n) is 19.2. The molecule has 1 aromatic carbocycles. The zero-order chi connectivity index (χ0) is 23.1. The minimum Gasteiger partial charge on any atom is -0.339 e. The van der Waals surface area contributed by atoms with Gasteiger partial charge >= 0.3 is 0 Å². The summed E-state index contributed by atoms with van der Waals surface area (Å²) in [4.78, 5) is 17.0. The highest BCUT2D eigenvalue weighted by atomic mass is 32.2. The molecular weight excluding hydrogens is 412 g/mol. The number of aromatic nitrogens is 4. The number of carbonyl (C=O) groups is 1. The molecule has 31 heavy (non-hydrogen) atoms. The van der Waals surface area contributed by atoms with Crippen molar-refractivity contribution in [2.45, 2.75) is 58.5 Å². The van der Waals surface area contributed by atoms with Gasteiger partial charge in [-0.25, -0.2) is 13.4 Å². The van der Waals surface area contributed by atoms with Crippen LogP contribution in [0.2, 0.25) is 0 Å². The predicted molar refractivity (Wildman–Crippen MR) is 120 cm³/mol. The van der Waals surface area contributed by atoms with Crippen molar-refractivity contribution in [3.8, 4) is 0 Å². The van der Waals surface area contributed by atoms with Crippen LogP contribution in [0.3, 0.4) is 0 Å². The largest absolute Gasteiger partial charge is 0.339 e. The topological polar surface area (TPSA) is 86.9 Å². The highest BCUT2D eigenvalue weighted by Crippen LogP contribution is 2.25. The molecule has 0 aliphatic carbocycles. The Bertz CT molecular complexity index is 1220. The molecule has 2 heterocycles. The lowest BCUT2D eigenvalue weighted by molar-refractivity contribution is 0.101. The van der Waals surface area contributed by atoms with Crippen LogP contribution < -0.4 is 0 Å². The van der Waals surface area contributed by atoms with Crippen molar-refractivity contribution in [1.29, 1.82) is 0 Å². The molecule has 0 aliphatic rings. The third-order valence-electron chi connectivity index (χ3n) is 5.30. The van der Waals surface area contributed by atoms with Crippen molar-refractivity contribution in [2.75, 3.05) is 5.75 Å². The van der Waals surface area contributed by atoms with Crippen molar-refractivity contribution in [3.63, 3.8) is 0 Å². The van der Waals surface area contributed by atoms with Crippen LogP contribution in [-0.2, 0) is 28.8 Å².